The monoisotopic (exact) mass is 219 g/mol. The normalized spacial score (nSPS) is 10.5. The molecule has 0 fully saturated rings. The first-order valence-corrected chi connectivity index (χ1v) is 5.84. The third-order valence-corrected chi connectivity index (χ3v) is 3.00. The number of nitrogens with zero attached hydrogens (tertiary/aromatic N) is 2. The first-order valence-electron chi connectivity index (χ1n) is 4.96. The van der Waals surface area contributed by atoms with E-state index in [2.05, 4.69) is 23.0 Å². The lowest BCUT2D eigenvalue weighted by Gasteiger charge is -2.00. The molecular weight excluding hydrogens is 206 g/mol. The molecule has 0 aromatic carbocycles. The highest BCUT2D eigenvalue weighted by Crippen LogP contribution is 2.24. The minimum absolute atomic E-state index is 0.587. The van der Waals surface area contributed by atoms with Crippen LogP contribution in [0.4, 0.5) is 5.82 Å². The molecular formula is C11H13N3S. The summed E-state index contributed by atoms with van der Waals surface area (Å²) in [5.41, 5.74) is 7.82. The standard InChI is InChI=1S/C11H13N3S/c1-2-3-9-6-8(4-5-13-9)11-14-10(12)7-15-11/h4-7H,2-3,12H2,1H3. The van der Waals surface area contributed by atoms with Crippen molar-refractivity contribution in [2.75, 3.05) is 5.73 Å². The van der Waals surface area contributed by atoms with Gasteiger partial charge in [-0.1, -0.05) is 13.3 Å². The lowest BCUT2D eigenvalue weighted by molar-refractivity contribution is 0.883. The van der Waals surface area contributed by atoms with Crippen molar-refractivity contribution in [3.63, 3.8) is 0 Å². The molecule has 3 nitrogen and oxygen atoms in total. The van der Waals surface area contributed by atoms with Gasteiger partial charge in [0, 0.05) is 22.8 Å². The molecule has 2 aromatic heterocycles. The van der Waals surface area contributed by atoms with Crippen LogP contribution < -0.4 is 5.73 Å². The second-order valence-corrected chi connectivity index (χ2v) is 4.22. The number of hydrogen-bond acceptors (Lipinski definition) is 4. The van der Waals surface area contributed by atoms with E-state index in [-0.39, 0.29) is 0 Å². The van der Waals surface area contributed by atoms with Crippen molar-refractivity contribution in [2.24, 2.45) is 0 Å². The van der Waals surface area contributed by atoms with Crippen molar-refractivity contribution >= 4 is 17.2 Å². The Kier molecular flexibility index (Phi) is 2.97. The summed E-state index contributed by atoms with van der Waals surface area (Å²) in [4.78, 5) is 8.56. The fourth-order valence-corrected chi connectivity index (χ4v) is 2.13. The molecule has 2 aromatic rings. The molecule has 4 heteroatoms. The molecule has 0 radical (unpaired) electrons. The molecule has 0 saturated heterocycles. The molecule has 0 unspecified atom stereocenters. The average molecular weight is 219 g/mol. The summed E-state index contributed by atoms with van der Waals surface area (Å²) >= 11 is 1.57. The summed E-state index contributed by atoms with van der Waals surface area (Å²) in [7, 11) is 0. The summed E-state index contributed by atoms with van der Waals surface area (Å²) in [6, 6.07) is 4.05. The average Bonchev–Trinajstić information content (AvgIpc) is 2.66. The Morgan fingerprint density at radius 1 is 1.47 bits per heavy atom. The molecule has 0 bridgehead atoms. The third-order valence-electron chi connectivity index (χ3n) is 2.09. The van der Waals surface area contributed by atoms with E-state index in [1.807, 2.05) is 17.6 Å². The molecule has 78 valence electrons. The van der Waals surface area contributed by atoms with E-state index in [9.17, 15) is 0 Å². The third kappa shape index (κ3) is 2.33. The van der Waals surface area contributed by atoms with Gasteiger partial charge in [0.15, 0.2) is 0 Å². The molecule has 0 spiro atoms. The van der Waals surface area contributed by atoms with Crippen LogP contribution >= 0.6 is 11.3 Å². The first kappa shape index (κ1) is 10.1. The van der Waals surface area contributed by atoms with Crippen LogP contribution in [-0.2, 0) is 6.42 Å². The smallest absolute Gasteiger partial charge is 0.135 e. The molecule has 0 atom stereocenters. The zero-order chi connectivity index (χ0) is 10.7. The van der Waals surface area contributed by atoms with Gasteiger partial charge in [-0.3, -0.25) is 4.98 Å². The molecule has 2 heterocycles. The summed E-state index contributed by atoms with van der Waals surface area (Å²) in [6.07, 6.45) is 3.95. The second-order valence-electron chi connectivity index (χ2n) is 3.36. The molecule has 0 aliphatic heterocycles. The summed E-state index contributed by atoms with van der Waals surface area (Å²) in [6.45, 7) is 2.15. The van der Waals surface area contributed by atoms with Crippen LogP contribution in [0.15, 0.2) is 23.7 Å². The molecule has 0 aliphatic rings. The highest BCUT2D eigenvalue weighted by molar-refractivity contribution is 7.13. The van der Waals surface area contributed by atoms with E-state index in [0.717, 1.165) is 29.1 Å². The Morgan fingerprint density at radius 3 is 3.00 bits per heavy atom. The Bertz CT molecular complexity index is 451. The lowest BCUT2D eigenvalue weighted by Crippen LogP contribution is -1.89. The highest BCUT2D eigenvalue weighted by Gasteiger charge is 2.03. The minimum atomic E-state index is 0.587. The van der Waals surface area contributed by atoms with E-state index < -0.39 is 0 Å². The minimum Gasteiger partial charge on any atom is -0.383 e. The van der Waals surface area contributed by atoms with Gasteiger partial charge in [-0.2, -0.15) is 0 Å². The fourth-order valence-electron chi connectivity index (χ4n) is 1.42. The number of nitrogens with two attached hydrogens (primary N) is 1. The maximum atomic E-state index is 5.60. The topological polar surface area (TPSA) is 51.8 Å². The van der Waals surface area contributed by atoms with E-state index in [1.165, 1.54) is 0 Å². The van der Waals surface area contributed by atoms with Crippen LogP contribution in [0.2, 0.25) is 0 Å². The van der Waals surface area contributed by atoms with Gasteiger partial charge >= 0.3 is 0 Å². The van der Waals surface area contributed by atoms with Gasteiger partial charge in [0.2, 0.25) is 0 Å². The van der Waals surface area contributed by atoms with Crippen molar-refractivity contribution in [1.82, 2.24) is 9.97 Å². The van der Waals surface area contributed by atoms with Gasteiger partial charge in [0.05, 0.1) is 0 Å². The van der Waals surface area contributed by atoms with Crippen LogP contribution in [0.25, 0.3) is 10.6 Å². The first-order chi connectivity index (χ1) is 7.29. The van der Waals surface area contributed by atoms with E-state index in [0.29, 0.717) is 5.82 Å². The Morgan fingerprint density at radius 2 is 2.33 bits per heavy atom. The number of hydrogen-bond donors (Lipinski definition) is 1. The molecule has 0 saturated carbocycles. The Hall–Kier alpha value is -1.42. The summed E-state index contributed by atoms with van der Waals surface area (Å²) in [5, 5.41) is 2.82. The maximum Gasteiger partial charge on any atom is 0.135 e. The summed E-state index contributed by atoms with van der Waals surface area (Å²) < 4.78 is 0. The van der Waals surface area contributed by atoms with Gasteiger partial charge < -0.3 is 5.73 Å². The van der Waals surface area contributed by atoms with Gasteiger partial charge in [-0.15, -0.1) is 11.3 Å². The maximum absolute atomic E-state index is 5.60. The van der Waals surface area contributed by atoms with Crippen molar-refractivity contribution in [3.05, 3.63) is 29.4 Å². The number of aromatic nitrogens is 2. The SMILES string of the molecule is CCCc1cc(-c2nc(N)cs2)ccn1. The van der Waals surface area contributed by atoms with Gasteiger partial charge in [0.25, 0.3) is 0 Å². The van der Waals surface area contributed by atoms with Crippen LogP contribution in [-0.4, -0.2) is 9.97 Å². The van der Waals surface area contributed by atoms with Crippen molar-refractivity contribution < 1.29 is 0 Å². The van der Waals surface area contributed by atoms with Crippen molar-refractivity contribution in [1.29, 1.82) is 0 Å². The quantitative estimate of drug-likeness (QED) is 0.863. The molecule has 15 heavy (non-hydrogen) atoms. The molecule has 2 rings (SSSR count). The number of pyridine rings is 1. The predicted octanol–water partition coefficient (Wildman–Crippen LogP) is 2.74. The van der Waals surface area contributed by atoms with E-state index >= 15 is 0 Å². The molecule has 2 N–H and O–H groups in total. The fraction of sp³-hybridized carbons (Fsp3) is 0.273. The van der Waals surface area contributed by atoms with E-state index in [1.54, 1.807) is 11.3 Å². The zero-order valence-corrected chi connectivity index (χ0v) is 9.42. The van der Waals surface area contributed by atoms with Gasteiger partial charge in [-0.25, -0.2) is 4.98 Å². The number of nitrogen functional groups attached to an aromatic ring is 1. The number of aryl methyl sites for hydroxylation is 1. The number of anilines is 1. The molecule has 0 aliphatic carbocycles. The zero-order valence-electron chi connectivity index (χ0n) is 8.60. The van der Waals surface area contributed by atoms with Crippen LogP contribution in [0.3, 0.4) is 0 Å². The predicted molar refractivity (Wildman–Crippen MR) is 63.8 cm³/mol. The largest absolute Gasteiger partial charge is 0.383 e. The van der Waals surface area contributed by atoms with Crippen LogP contribution in [0.5, 0.6) is 0 Å². The lowest BCUT2D eigenvalue weighted by atomic mass is 10.2. The van der Waals surface area contributed by atoms with E-state index in [4.69, 9.17) is 5.73 Å². The van der Waals surface area contributed by atoms with Crippen molar-refractivity contribution in [2.45, 2.75) is 19.8 Å². The Labute approximate surface area is 93.0 Å². The highest BCUT2D eigenvalue weighted by atomic mass is 32.1. The number of rotatable bonds is 3. The number of thiazole rings is 1. The van der Waals surface area contributed by atoms with Gasteiger partial charge in [-0.05, 0) is 18.6 Å². The molecule has 0 amide bonds. The summed E-state index contributed by atoms with van der Waals surface area (Å²) in [5.74, 6) is 0.587. The van der Waals surface area contributed by atoms with Crippen LogP contribution in [0, 0.1) is 0 Å². The van der Waals surface area contributed by atoms with Gasteiger partial charge in [0.1, 0.15) is 10.8 Å². The Balaban J connectivity index is 2.32. The van der Waals surface area contributed by atoms with Crippen LogP contribution in [0.1, 0.15) is 19.0 Å². The second kappa shape index (κ2) is 4.40. The van der Waals surface area contributed by atoms with Crippen molar-refractivity contribution in [3.8, 4) is 10.6 Å².